The van der Waals surface area contributed by atoms with Crippen molar-refractivity contribution in [3.8, 4) is 0 Å². The lowest BCUT2D eigenvalue weighted by molar-refractivity contribution is -0.115. The first-order valence-electron chi connectivity index (χ1n) is 10.4. The highest BCUT2D eigenvalue weighted by Gasteiger charge is 2.34. The Morgan fingerprint density at radius 3 is 2.42 bits per heavy atom. The van der Waals surface area contributed by atoms with E-state index in [0.29, 0.717) is 17.3 Å². The second-order valence-electron chi connectivity index (χ2n) is 9.04. The van der Waals surface area contributed by atoms with Crippen molar-refractivity contribution in [1.82, 2.24) is 0 Å². The minimum atomic E-state index is -0.586. The zero-order valence-corrected chi connectivity index (χ0v) is 19.7. The molecule has 31 heavy (non-hydrogen) atoms. The molecular weight excluding hydrogens is 414 g/mol. The molecule has 0 aromatic heterocycles. The molecule has 166 valence electrons. The number of carbonyl (C=O) groups is 2. The molecule has 1 N–H and O–H groups in total. The van der Waals surface area contributed by atoms with Gasteiger partial charge in [-0.05, 0) is 70.9 Å². The summed E-state index contributed by atoms with van der Waals surface area (Å²) < 4.78 is 5.59. The van der Waals surface area contributed by atoms with E-state index in [0.717, 1.165) is 22.5 Å². The number of nitrogens with one attached hydrogen (secondary N) is 1. The Balaban J connectivity index is 1.82. The SMILES string of the molecule is Cc1cc(C)c(NC(=O)CN2c3ccccc3N(C(=O)OC(C)(C)C)C[C@@H]2C)c(Cl)c1. The second kappa shape index (κ2) is 8.79. The monoisotopic (exact) mass is 443 g/mol. The van der Waals surface area contributed by atoms with Gasteiger partial charge in [-0.1, -0.05) is 29.8 Å². The van der Waals surface area contributed by atoms with Crippen LogP contribution in [-0.2, 0) is 9.53 Å². The van der Waals surface area contributed by atoms with Gasteiger partial charge >= 0.3 is 6.09 Å². The molecule has 0 saturated carbocycles. The molecule has 3 rings (SSSR count). The van der Waals surface area contributed by atoms with Crippen molar-refractivity contribution in [3.63, 3.8) is 0 Å². The van der Waals surface area contributed by atoms with Crippen molar-refractivity contribution < 1.29 is 14.3 Å². The summed E-state index contributed by atoms with van der Waals surface area (Å²) in [5.41, 5.74) is 3.55. The fourth-order valence-electron chi connectivity index (χ4n) is 3.77. The van der Waals surface area contributed by atoms with Crippen LogP contribution in [0.4, 0.5) is 21.9 Å². The van der Waals surface area contributed by atoms with Crippen LogP contribution in [0.3, 0.4) is 0 Å². The van der Waals surface area contributed by atoms with Crippen LogP contribution in [0.15, 0.2) is 36.4 Å². The van der Waals surface area contributed by atoms with Crippen LogP contribution in [0.1, 0.15) is 38.8 Å². The summed E-state index contributed by atoms with van der Waals surface area (Å²) in [6.45, 7) is 12.0. The first-order chi connectivity index (χ1) is 14.5. The number of carbonyl (C=O) groups excluding carboxylic acids is 2. The van der Waals surface area contributed by atoms with Crippen LogP contribution in [0, 0.1) is 13.8 Å². The van der Waals surface area contributed by atoms with Gasteiger partial charge in [-0.15, -0.1) is 0 Å². The first kappa shape index (κ1) is 22.9. The van der Waals surface area contributed by atoms with Gasteiger partial charge in [0, 0.05) is 12.6 Å². The maximum Gasteiger partial charge on any atom is 0.414 e. The zero-order chi connectivity index (χ0) is 22.9. The lowest BCUT2D eigenvalue weighted by Crippen LogP contribution is -2.52. The minimum absolute atomic E-state index is 0.0808. The van der Waals surface area contributed by atoms with Gasteiger partial charge in [0.25, 0.3) is 0 Å². The third-order valence-electron chi connectivity index (χ3n) is 5.08. The summed E-state index contributed by atoms with van der Waals surface area (Å²) in [5, 5.41) is 3.47. The van der Waals surface area contributed by atoms with E-state index in [2.05, 4.69) is 5.32 Å². The largest absolute Gasteiger partial charge is 0.443 e. The second-order valence-corrected chi connectivity index (χ2v) is 9.45. The molecule has 0 radical (unpaired) electrons. The third-order valence-corrected chi connectivity index (χ3v) is 5.38. The number of ether oxygens (including phenoxy) is 1. The van der Waals surface area contributed by atoms with E-state index in [1.807, 2.05) is 82.8 Å². The third kappa shape index (κ3) is 5.31. The normalized spacial score (nSPS) is 16.0. The zero-order valence-electron chi connectivity index (χ0n) is 19.0. The number of aryl methyl sites for hydroxylation is 2. The molecule has 2 aromatic rings. The maximum absolute atomic E-state index is 12.9. The fraction of sp³-hybridized carbons (Fsp3) is 0.417. The van der Waals surface area contributed by atoms with E-state index < -0.39 is 11.7 Å². The average molecular weight is 444 g/mol. The van der Waals surface area contributed by atoms with E-state index in [-0.39, 0.29) is 18.5 Å². The Bertz CT molecular complexity index is 977. The number of rotatable bonds is 3. The summed E-state index contributed by atoms with van der Waals surface area (Å²) in [7, 11) is 0. The van der Waals surface area contributed by atoms with Crippen LogP contribution in [0.25, 0.3) is 0 Å². The van der Waals surface area contributed by atoms with Gasteiger partial charge in [-0.25, -0.2) is 4.79 Å². The summed E-state index contributed by atoms with van der Waals surface area (Å²) in [4.78, 5) is 29.3. The number of halogens is 1. The number of benzene rings is 2. The predicted molar refractivity (Wildman–Crippen MR) is 126 cm³/mol. The highest BCUT2D eigenvalue weighted by Crippen LogP contribution is 2.36. The highest BCUT2D eigenvalue weighted by atomic mass is 35.5. The Morgan fingerprint density at radius 2 is 1.81 bits per heavy atom. The lowest BCUT2D eigenvalue weighted by atomic mass is 10.1. The van der Waals surface area contributed by atoms with Gasteiger partial charge in [-0.3, -0.25) is 9.69 Å². The Hall–Kier alpha value is -2.73. The molecule has 1 aliphatic heterocycles. The Kier molecular flexibility index (Phi) is 6.51. The van der Waals surface area contributed by atoms with Crippen LogP contribution < -0.4 is 15.1 Å². The van der Waals surface area contributed by atoms with Crippen LogP contribution in [0.5, 0.6) is 0 Å². The van der Waals surface area contributed by atoms with Gasteiger partial charge in [0.15, 0.2) is 0 Å². The fourth-order valence-corrected chi connectivity index (χ4v) is 4.14. The van der Waals surface area contributed by atoms with E-state index >= 15 is 0 Å². The van der Waals surface area contributed by atoms with Gasteiger partial charge < -0.3 is 15.0 Å². The number of hydrogen-bond donors (Lipinski definition) is 1. The van der Waals surface area contributed by atoms with Gasteiger partial charge in [0.2, 0.25) is 5.91 Å². The molecular formula is C24H30ClN3O3. The molecule has 0 bridgehead atoms. The summed E-state index contributed by atoms with van der Waals surface area (Å²) in [6.07, 6.45) is -0.391. The molecule has 0 saturated heterocycles. The van der Waals surface area contributed by atoms with Crippen molar-refractivity contribution in [2.45, 2.75) is 53.2 Å². The molecule has 2 aromatic carbocycles. The first-order valence-corrected chi connectivity index (χ1v) is 10.8. The van der Waals surface area contributed by atoms with Crippen molar-refractivity contribution in [1.29, 1.82) is 0 Å². The average Bonchev–Trinajstić information content (AvgIpc) is 2.65. The maximum atomic E-state index is 12.9. The summed E-state index contributed by atoms with van der Waals surface area (Å²) >= 11 is 6.35. The van der Waals surface area contributed by atoms with Crippen LogP contribution >= 0.6 is 11.6 Å². The number of amides is 2. The molecule has 0 fully saturated rings. The number of nitrogens with zero attached hydrogens (tertiary/aromatic N) is 2. The van der Waals surface area contributed by atoms with Crippen LogP contribution in [0.2, 0.25) is 5.02 Å². The number of hydrogen-bond acceptors (Lipinski definition) is 4. The predicted octanol–water partition coefficient (Wildman–Crippen LogP) is 5.55. The highest BCUT2D eigenvalue weighted by molar-refractivity contribution is 6.34. The van der Waals surface area contributed by atoms with E-state index in [4.69, 9.17) is 16.3 Å². The van der Waals surface area contributed by atoms with Gasteiger partial charge in [-0.2, -0.15) is 0 Å². The quantitative estimate of drug-likeness (QED) is 0.675. The van der Waals surface area contributed by atoms with Crippen molar-refractivity contribution in [3.05, 3.63) is 52.5 Å². The molecule has 2 amide bonds. The number of anilines is 3. The topological polar surface area (TPSA) is 61.9 Å². The Labute approximate surface area is 189 Å². The van der Waals surface area contributed by atoms with Crippen molar-refractivity contribution in [2.75, 3.05) is 28.2 Å². The molecule has 0 aliphatic carbocycles. The molecule has 7 heteroatoms. The van der Waals surface area contributed by atoms with Crippen molar-refractivity contribution in [2.24, 2.45) is 0 Å². The van der Waals surface area contributed by atoms with E-state index in [1.165, 1.54) is 0 Å². The van der Waals surface area contributed by atoms with Crippen LogP contribution in [-0.4, -0.2) is 36.7 Å². The number of para-hydroxylation sites is 2. The number of fused-ring (bicyclic) bond motifs is 1. The standard InChI is InChI=1S/C24H30ClN3O3/c1-15-11-16(2)22(18(25)12-15)26-21(29)14-27-17(3)13-28(23(30)31-24(4,5)6)20-10-8-7-9-19(20)27/h7-12,17H,13-14H2,1-6H3,(H,26,29)/t17-/m0/s1. The molecule has 1 aliphatic rings. The summed E-state index contributed by atoms with van der Waals surface area (Å²) in [5.74, 6) is -0.166. The summed E-state index contributed by atoms with van der Waals surface area (Å²) in [6, 6.07) is 11.3. The van der Waals surface area contributed by atoms with Gasteiger partial charge in [0.1, 0.15) is 5.60 Å². The Morgan fingerprint density at radius 1 is 1.16 bits per heavy atom. The van der Waals surface area contributed by atoms with Gasteiger partial charge in [0.05, 0.1) is 28.6 Å². The molecule has 0 spiro atoms. The molecule has 1 atom stereocenters. The molecule has 0 unspecified atom stereocenters. The molecule has 1 heterocycles. The minimum Gasteiger partial charge on any atom is -0.443 e. The van der Waals surface area contributed by atoms with E-state index in [1.54, 1.807) is 4.90 Å². The van der Waals surface area contributed by atoms with Crippen molar-refractivity contribution >= 4 is 40.7 Å². The smallest absolute Gasteiger partial charge is 0.414 e. The molecule has 6 nitrogen and oxygen atoms in total. The lowest BCUT2D eigenvalue weighted by Gasteiger charge is -2.42. The van der Waals surface area contributed by atoms with E-state index in [9.17, 15) is 9.59 Å².